The minimum atomic E-state index is -2.71. The van der Waals surface area contributed by atoms with Crippen LogP contribution < -0.4 is 8.51 Å². The summed E-state index contributed by atoms with van der Waals surface area (Å²) in [5.41, 5.74) is 1.27. The zero-order valence-electron chi connectivity index (χ0n) is 27.8. The zero-order valence-corrected chi connectivity index (χ0v) is 31.7. The van der Waals surface area contributed by atoms with E-state index < -0.39 is 26.7 Å². The van der Waals surface area contributed by atoms with Gasteiger partial charge in [0.15, 0.2) is 0 Å². The van der Waals surface area contributed by atoms with Gasteiger partial charge in [0.05, 0.1) is 0 Å². The van der Waals surface area contributed by atoms with E-state index in [2.05, 4.69) is 85.1 Å². The number of benzene rings is 2. The molecule has 3 rings (SSSR count). The van der Waals surface area contributed by atoms with Crippen LogP contribution in [0.15, 0.2) is 65.2 Å². The quantitative estimate of drug-likeness (QED) is 0.124. The summed E-state index contributed by atoms with van der Waals surface area (Å²) in [6.07, 6.45) is 11.5. The molecule has 0 aliphatic rings. The van der Waals surface area contributed by atoms with Crippen molar-refractivity contribution in [3.05, 3.63) is 72.2 Å². The molecule has 0 radical (unpaired) electrons. The third-order valence-electron chi connectivity index (χ3n) is 9.19. The van der Waals surface area contributed by atoms with Gasteiger partial charge in [-0.1, -0.05) is 18.2 Å². The number of nitrogens with zero attached hydrogens (tertiary/aromatic N) is 1. The molecule has 1 heterocycles. The van der Waals surface area contributed by atoms with Crippen molar-refractivity contribution in [2.75, 3.05) is 0 Å². The van der Waals surface area contributed by atoms with Gasteiger partial charge in [-0.15, -0.1) is 0 Å². The summed E-state index contributed by atoms with van der Waals surface area (Å²) in [7, 11) is -2.04. The number of para-hydroxylation sites is 1. The van der Waals surface area contributed by atoms with E-state index in [1.165, 1.54) is 61.2 Å². The molecule has 1 aromatic heterocycles. The molecular formula is C36H57NO3SiSn. The topological polar surface area (TPSA) is 44.5 Å². The first kappa shape index (κ1) is 34.9. The van der Waals surface area contributed by atoms with Crippen LogP contribution in [0.5, 0.6) is 11.5 Å². The summed E-state index contributed by atoms with van der Waals surface area (Å²) in [4.78, 5) is 5.01. The minimum absolute atomic E-state index is 0.115. The number of aromatic nitrogens is 1. The maximum atomic E-state index is 7.06. The third-order valence-corrected chi connectivity index (χ3v) is 28.5. The summed E-state index contributed by atoms with van der Waals surface area (Å²) in [6, 6.07) is 18.4. The third kappa shape index (κ3) is 9.98. The first-order valence-corrected chi connectivity index (χ1v) is 26.9. The number of hydrogen-bond acceptors (Lipinski definition) is 4. The van der Waals surface area contributed by atoms with Crippen LogP contribution in [0, 0.1) is 0 Å². The number of hydrogen-bond donors (Lipinski definition) is 0. The fourth-order valence-corrected chi connectivity index (χ4v) is 21.6. The number of ether oxygens (including phenoxy) is 1. The molecule has 0 bridgehead atoms. The average Bonchev–Trinajstić information content (AvgIpc) is 3.47. The van der Waals surface area contributed by atoms with Crippen LogP contribution in [-0.4, -0.2) is 31.7 Å². The van der Waals surface area contributed by atoms with Gasteiger partial charge in [0, 0.05) is 0 Å². The Labute approximate surface area is 262 Å². The van der Waals surface area contributed by atoms with E-state index in [1.54, 1.807) is 0 Å². The van der Waals surface area contributed by atoms with Crippen molar-refractivity contribution in [3.8, 4) is 11.5 Å². The molecule has 0 fully saturated rings. The summed E-state index contributed by atoms with van der Waals surface area (Å²) < 4.78 is 25.4. The summed E-state index contributed by atoms with van der Waals surface area (Å²) in [6.45, 7) is 18.6. The number of unbranched alkanes of at least 4 members (excludes halogenated alkanes) is 3. The molecule has 0 amide bonds. The molecule has 1 atom stereocenters. The van der Waals surface area contributed by atoms with Crippen molar-refractivity contribution in [2.45, 2.75) is 130 Å². The van der Waals surface area contributed by atoms with E-state index >= 15 is 0 Å². The molecule has 4 nitrogen and oxygen atoms in total. The van der Waals surface area contributed by atoms with Crippen molar-refractivity contribution in [2.24, 2.45) is 0 Å². The van der Waals surface area contributed by atoms with E-state index in [0.717, 1.165) is 30.2 Å². The van der Waals surface area contributed by atoms with Crippen LogP contribution in [0.1, 0.15) is 104 Å². The van der Waals surface area contributed by atoms with E-state index in [4.69, 9.17) is 18.6 Å². The van der Waals surface area contributed by atoms with Gasteiger partial charge in [-0.05, 0) is 12.1 Å². The van der Waals surface area contributed by atoms with Gasteiger partial charge < -0.3 is 0 Å². The fourth-order valence-electron chi connectivity index (χ4n) is 5.38. The molecule has 232 valence electrons. The van der Waals surface area contributed by atoms with E-state index in [1.807, 2.05) is 30.3 Å². The Morgan fingerprint density at radius 1 is 0.810 bits per heavy atom. The van der Waals surface area contributed by atoms with E-state index in [0.29, 0.717) is 0 Å². The number of rotatable bonds is 18. The Balaban J connectivity index is 1.85. The molecule has 0 spiro atoms. The van der Waals surface area contributed by atoms with Crippen molar-refractivity contribution in [3.63, 3.8) is 0 Å². The van der Waals surface area contributed by atoms with Crippen LogP contribution >= 0.6 is 0 Å². The van der Waals surface area contributed by atoms with E-state index in [9.17, 15) is 0 Å². The Kier molecular flexibility index (Phi) is 13.7. The second-order valence-electron chi connectivity index (χ2n) is 13.6. The van der Waals surface area contributed by atoms with Crippen molar-refractivity contribution >= 4 is 30.5 Å². The molecule has 1 unspecified atom stereocenters. The van der Waals surface area contributed by atoms with Gasteiger partial charge in [0.2, 0.25) is 0 Å². The average molecular weight is 699 g/mol. The van der Waals surface area contributed by atoms with E-state index in [-0.39, 0.29) is 11.1 Å². The Morgan fingerprint density at radius 3 is 1.88 bits per heavy atom. The summed E-state index contributed by atoms with van der Waals surface area (Å²) >= 11 is -2.71. The molecule has 2 aromatic carbocycles. The van der Waals surface area contributed by atoms with Crippen LogP contribution in [-0.2, 0) is 10.8 Å². The predicted octanol–water partition coefficient (Wildman–Crippen LogP) is 11.2. The second-order valence-corrected chi connectivity index (χ2v) is 31.4. The molecule has 0 aliphatic carbocycles. The van der Waals surface area contributed by atoms with Crippen LogP contribution in [0.3, 0.4) is 0 Å². The first-order valence-electron chi connectivity index (χ1n) is 16.5. The first-order chi connectivity index (χ1) is 20.0. The van der Waals surface area contributed by atoms with Gasteiger partial charge >= 0.3 is 233 Å². The molecule has 0 saturated heterocycles. The van der Waals surface area contributed by atoms with Gasteiger partial charge in [0.1, 0.15) is 0 Å². The van der Waals surface area contributed by atoms with Gasteiger partial charge in [0.25, 0.3) is 0 Å². The Morgan fingerprint density at radius 2 is 1.36 bits per heavy atom. The molecule has 6 heteroatoms. The Hall–Kier alpha value is -1.57. The summed E-state index contributed by atoms with van der Waals surface area (Å²) in [5.74, 6) is 2.52. The molecule has 0 N–H and O–H groups in total. The Bertz CT molecular complexity index is 1150. The summed E-state index contributed by atoms with van der Waals surface area (Å²) in [5, 5.41) is 0.115. The van der Waals surface area contributed by atoms with Crippen molar-refractivity contribution in [1.82, 2.24) is 4.98 Å². The van der Waals surface area contributed by atoms with Gasteiger partial charge in [-0.3, -0.25) is 0 Å². The molecular weight excluding hydrogens is 641 g/mol. The van der Waals surface area contributed by atoms with Gasteiger partial charge in [-0.2, -0.15) is 0 Å². The van der Waals surface area contributed by atoms with Crippen LogP contribution in [0.4, 0.5) is 0 Å². The maximum absolute atomic E-state index is 7.06. The second kappa shape index (κ2) is 16.5. The fraction of sp³-hybridized carbons (Fsp3) is 0.583. The molecule has 3 aromatic rings. The van der Waals surface area contributed by atoms with Crippen LogP contribution in [0.2, 0.25) is 31.4 Å². The molecule has 42 heavy (non-hydrogen) atoms. The van der Waals surface area contributed by atoms with Crippen molar-refractivity contribution < 1.29 is 13.6 Å². The number of aryl methyl sites for hydroxylation is 1. The standard InChI is InChI=1S/C24H30NO3Si.3C4H9.Sn/c1-24(2,3)29(4,5)28-22(23-25-17-18-26-23)16-13-19-11-14-21(15-12-19)27-20-9-7-6-8-10-20;3*1-3-4-2;/h6-12,14-15,17,22H,13,16H2,1-5H3;3*1,3-4H2,2H3;. The van der Waals surface area contributed by atoms with Crippen molar-refractivity contribution in [1.29, 1.82) is 0 Å². The monoisotopic (exact) mass is 699 g/mol. The predicted molar refractivity (Wildman–Crippen MR) is 183 cm³/mol. The van der Waals surface area contributed by atoms with Crippen LogP contribution in [0.25, 0.3) is 0 Å². The SMILES string of the molecule is CCC[CH2][Sn]([CH2]CCC)([CH2]CCC)[c]1cnc(C(CCc2ccc(Oc3ccccc3)cc2)O[Si](C)(C)C(C)(C)C)o1. The molecule has 0 saturated carbocycles. The molecule has 0 aliphatic heterocycles. The zero-order chi connectivity index (χ0) is 30.6. The normalized spacial score (nSPS) is 13.3. The van der Waals surface area contributed by atoms with Gasteiger partial charge in [-0.25, -0.2) is 0 Å². The number of oxazole rings is 1.